The maximum absolute atomic E-state index is 5.60. The van der Waals surface area contributed by atoms with Gasteiger partial charge in [0.05, 0.1) is 6.54 Å². The molecule has 2 heterocycles. The third-order valence-electron chi connectivity index (χ3n) is 5.12. The Kier molecular flexibility index (Phi) is 10.5. The number of aromatic nitrogens is 1. The molecule has 1 aromatic carbocycles. The summed E-state index contributed by atoms with van der Waals surface area (Å²) in [5, 5.41) is 6.84. The standard InChI is InChI=1S/C22H33N5O.HI/c1-3-12-27-13-10-18(11-14-27)15-24-22(23-4-2)25-16-20-17-28-21(26-20)19-8-6-5-7-9-19;/h5-9,17-18H,3-4,10-16H2,1-2H3,(H2,23,24,25);1H. The van der Waals surface area contributed by atoms with Crippen LogP contribution in [-0.4, -0.2) is 48.6 Å². The Balaban J connectivity index is 0.00000300. The molecule has 0 bridgehead atoms. The fourth-order valence-corrected chi connectivity index (χ4v) is 3.57. The maximum atomic E-state index is 5.60. The number of oxazole rings is 1. The molecule has 7 heteroatoms. The Morgan fingerprint density at radius 3 is 2.62 bits per heavy atom. The van der Waals surface area contributed by atoms with E-state index in [1.54, 1.807) is 6.26 Å². The largest absolute Gasteiger partial charge is 0.444 e. The van der Waals surface area contributed by atoms with Crippen LogP contribution in [0.3, 0.4) is 0 Å². The van der Waals surface area contributed by atoms with Gasteiger partial charge in [-0.1, -0.05) is 25.1 Å². The molecule has 1 aliphatic rings. The molecule has 29 heavy (non-hydrogen) atoms. The van der Waals surface area contributed by atoms with Gasteiger partial charge in [-0.05, 0) is 63.9 Å². The highest BCUT2D eigenvalue weighted by Gasteiger charge is 2.18. The molecule has 0 spiro atoms. The van der Waals surface area contributed by atoms with Crippen LogP contribution in [0.1, 0.15) is 38.8 Å². The normalized spacial score (nSPS) is 15.7. The van der Waals surface area contributed by atoms with E-state index in [4.69, 9.17) is 4.42 Å². The predicted octanol–water partition coefficient (Wildman–Crippen LogP) is 4.14. The summed E-state index contributed by atoms with van der Waals surface area (Å²) < 4.78 is 5.60. The summed E-state index contributed by atoms with van der Waals surface area (Å²) in [7, 11) is 0. The zero-order valence-electron chi connectivity index (χ0n) is 17.6. The highest BCUT2D eigenvalue weighted by atomic mass is 127. The van der Waals surface area contributed by atoms with Crippen molar-refractivity contribution < 1.29 is 4.42 Å². The summed E-state index contributed by atoms with van der Waals surface area (Å²) in [6, 6.07) is 9.95. The van der Waals surface area contributed by atoms with Crippen molar-refractivity contribution >= 4 is 29.9 Å². The first-order chi connectivity index (χ1) is 13.8. The summed E-state index contributed by atoms with van der Waals surface area (Å²) in [6.07, 6.45) is 5.46. The molecule has 0 atom stereocenters. The number of nitrogens with one attached hydrogen (secondary N) is 2. The summed E-state index contributed by atoms with van der Waals surface area (Å²) in [6.45, 7) is 10.3. The minimum atomic E-state index is 0. The molecule has 0 aliphatic carbocycles. The molecule has 1 aliphatic heterocycles. The van der Waals surface area contributed by atoms with Crippen LogP contribution >= 0.6 is 24.0 Å². The van der Waals surface area contributed by atoms with Gasteiger partial charge < -0.3 is 20.0 Å². The van der Waals surface area contributed by atoms with Gasteiger partial charge in [0.25, 0.3) is 0 Å². The Morgan fingerprint density at radius 2 is 1.93 bits per heavy atom. The van der Waals surface area contributed by atoms with Gasteiger partial charge in [0.2, 0.25) is 5.89 Å². The number of likely N-dealkylation sites (tertiary alicyclic amines) is 1. The molecule has 3 rings (SSSR count). The molecular weight excluding hydrogens is 477 g/mol. The third-order valence-corrected chi connectivity index (χ3v) is 5.12. The lowest BCUT2D eigenvalue weighted by atomic mass is 9.97. The lowest BCUT2D eigenvalue weighted by Gasteiger charge is -2.32. The van der Waals surface area contributed by atoms with Gasteiger partial charge in [-0.3, -0.25) is 0 Å². The molecule has 0 radical (unpaired) electrons. The topological polar surface area (TPSA) is 65.7 Å². The number of guanidine groups is 1. The van der Waals surface area contributed by atoms with E-state index < -0.39 is 0 Å². The van der Waals surface area contributed by atoms with Crippen molar-refractivity contribution in [1.82, 2.24) is 20.5 Å². The first-order valence-corrected chi connectivity index (χ1v) is 10.5. The minimum Gasteiger partial charge on any atom is -0.444 e. The fourth-order valence-electron chi connectivity index (χ4n) is 3.57. The average Bonchev–Trinajstić information content (AvgIpc) is 3.21. The van der Waals surface area contributed by atoms with Crippen molar-refractivity contribution in [3.8, 4) is 11.5 Å². The van der Waals surface area contributed by atoms with Crippen LogP contribution in [0, 0.1) is 5.92 Å². The monoisotopic (exact) mass is 511 g/mol. The number of piperidine rings is 1. The Morgan fingerprint density at radius 1 is 1.17 bits per heavy atom. The number of hydrogen-bond donors (Lipinski definition) is 2. The number of hydrogen-bond acceptors (Lipinski definition) is 4. The zero-order valence-corrected chi connectivity index (χ0v) is 19.9. The van der Waals surface area contributed by atoms with E-state index in [2.05, 4.69) is 39.4 Å². The summed E-state index contributed by atoms with van der Waals surface area (Å²) in [5.41, 5.74) is 1.82. The molecule has 1 saturated heterocycles. The van der Waals surface area contributed by atoms with E-state index in [1.165, 1.54) is 38.9 Å². The Labute approximate surface area is 191 Å². The molecule has 0 unspecified atom stereocenters. The molecule has 2 aromatic rings. The lowest BCUT2D eigenvalue weighted by Crippen LogP contribution is -2.43. The zero-order chi connectivity index (χ0) is 19.6. The third kappa shape index (κ3) is 7.62. The van der Waals surface area contributed by atoms with Gasteiger partial charge >= 0.3 is 0 Å². The van der Waals surface area contributed by atoms with Crippen molar-refractivity contribution in [2.75, 3.05) is 32.7 Å². The van der Waals surface area contributed by atoms with E-state index >= 15 is 0 Å². The summed E-state index contributed by atoms with van der Waals surface area (Å²) in [4.78, 5) is 11.8. The van der Waals surface area contributed by atoms with Crippen molar-refractivity contribution in [2.45, 2.75) is 39.7 Å². The quantitative estimate of drug-likeness (QED) is 0.317. The van der Waals surface area contributed by atoms with Crippen LogP contribution in [0.15, 0.2) is 46.0 Å². The highest BCUT2D eigenvalue weighted by Crippen LogP contribution is 2.18. The van der Waals surface area contributed by atoms with Crippen molar-refractivity contribution in [1.29, 1.82) is 0 Å². The van der Waals surface area contributed by atoms with Gasteiger partial charge in [-0.25, -0.2) is 9.98 Å². The number of aliphatic imine (C=N–C) groups is 1. The van der Waals surface area contributed by atoms with Crippen molar-refractivity contribution in [3.63, 3.8) is 0 Å². The van der Waals surface area contributed by atoms with E-state index in [0.717, 1.165) is 30.3 Å². The SMILES string of the molecule is CCCN1CCC(CNC(=NCc2coc(-c3ccccc3)n2)NCC)CC1.I. The maximum Gasteiger partial charge on any atom is 0.226 e. The van der Waals surface area contributed by atoms with Gasteiger partial charge in [0.15, 0.2) is 5.96 Å². The number of rotatable bonds is 8. The lowest BCUT2D eigenvalue weighted by molar-refractivity contribution is 0.185. The first kappa shape index (κ1) is 23.7. The molecule has 160 valence electrons. The van der Waals surface area contributed by atoms with Crippen LogP contribution in [0.2, 0.25) is 0 Å². The van der Waals surface area contributed by atoms with Gasteiger partial charge in [-0.2, -0.15) is 0 Å². The van der Waals surface area contributed by atoms with E-state index in [9.17, 15) is 0 Å². The smallest absolute Gasteiger partial charge is 0.226 e. The summed E-state index contributed by atoms with van der Waals surface area (Å²) >= 11 is 0. The van der Waals surface area contributed by atoms with E-state index in [0.29, 0.717) is 18.4 Å². The van der Waals surface area contributed by atoms with Crippen LogP contribution in [0.25, 0.3) is 11.5 Å². The molecule has 1 fully saturated rings. The summed E-state index contributed by atoms with van der Waals surface area (Å²) in [5.74, 6) is 2.21. The van der Waals surface area contributed by atoms with Gasteiger partial charge in [0.1, 0.15) is 12.0 Å². The van der Waals surface area contributed by atoms with Crippen molar-refractivity contribution in [3.05, 3.63) is 42.3 Å². The molecule has 2 N–H and O–H groups in total. The second-order valence-electron chi connectivity index (χ2n) is 7.37. The Hall–Kier alpha value is -1.61. The van der Waals surface area contributed by atoms with Crippen molar-refractivity contribution in [2.24, 2.45) is 10.9 Å². The van der Waals surface area contributed by atoms with Gasteiger partial charge in [-0.15, -0.1) is 24.0 Å². The number of benzene rings is 1. The van der Waals surface area contributed by atoms with Crippen LogP contribution in [-0.2, 0) is 6.54 Å². The second-order valence-corrected chi connectivity index (χ2v) is 7.37. The molecule has 1 aromatic heterocycles. The van der Waals surface area contributed by atoms with Crippen LogP contribution in [0.5, 0.6) is 0 Å². The molecule has 6 nitrogen and oxygen atoms in total. The van der Waals surface area contributed by atoms with E-state index in [1.807, 2.05) is 30.3 Å². The molecule has 0 saturated carbocycles. The fraction of sp³-hybridized carbons (Fsp3) is 0.545. The van der Waals surface area contributed by atoms with E-state index in [-0.39, 0.29) is 24.0 Å². The number of halogens is 1. The van der Waals surface area contributed by atoms with Crippen LogP contribution < -0.4 is 10.6 Å². The Bertz CT molecular complexity index is 726. The van der Waals surface area contributed by atoms with Gasteiger partial charge in [0, 0.05) is 18.7 Å². The number of nitrogens with zero attached hydrogens (tertiary/aromatic N) is 3. The predicted molar refractivity (Wildman–Crippen MR) is 130 cm³/mol. The molecular formula is C22H34IN5O. The first-order valence-electron chi connectivity index (χ1n) is 10.5. The minimum absolute atomic E-state index is 0. The second kappa shape index (κ2) is 12.8. The average molecular weight is 511 g/mol. The van der Waals surface area contributed by atoms with Crippen LogP contribution in [0.4, 0.5) is 0 Å². The highest BCUT2D eigenvalue weighted by molar-refractivity contribution is 14.0. The molecule has 0 amide bonds.